The smallest absolute Gasteiger partial charge is 0.277 e. The van der Waals surface area contributed by atoms with Crippen LogP contribution in [0.3, 0.4) is 0 Å². The van der Waals surface area contributed by atoms with Crippen molar-refractivity contribution in [3.8, 4) is 11.5 Å². The molecule has 1 aliphatic heterocycles. The number of thioether (sulfide) groups is 1. The van der Waals surface area contributed by atoms with Crippen molar-refractivity contribution in [1.82, 2.24) is 15.1 Å². The second-order valence-electron chi connectivity index (χ2n) is 9.42. The van der Waals surface area contributed by atoms with Crippen LogP contribution in [-0.2, 0) is 10.2 Å². The monoisotopic (exact) mass is 413 g/mol. The number of carbonyl (C=O) groups excluding carboxylic acids is 1. The van der Waals surface area contributed by atoms with Gasteiger partial charge >= 0.3 is 0 Å². The minimum absolute atomic E-state index is 0.112. The van der Waals surface area contributed by atoms with E-state index in [1.807, 2.05) is 17.0 Å². The molecule has 2 atom stereocenters. The van der Waals surface area contributed by atoms with Crippen LogP contribution in [-0.4, -0.2) is 39.8 Å². The van der Waals surface area contributed by atoms with E-state index < -0.39 is 0 Å². The number of likely N-dealkylation sites (tertiary alicyclic amines) is 1. The predicted molar refractivity (Wildman–Crippen MR) is 116 cm³/mol. The van der Waals surface area contributed by atoms with E-state index in [0.29, 0.717) is 22.8 Å². The van der Waals surface area contributed by atoms with Crippen molar-refractivity contribution in [3.05, 3.63) is 29.8 Å². The first-order valence-electron chi connectivity index (χ1n) is 10.7. The summed E-state index contributed by atoms with van der Waals surface area (Å²) in [5, 5.41) is 8.74. The van der Waals surface area contributed by atoms with Crippen LogP contribution >= 0.6 is 11.8 Å². The van der Waals surface area contributed by atoms with Gasteiger partial charge < -0.3 is 9.32 Å². The Balaban J connectivity index is 1.32. The van der Waals surface area contributed by atoms with Crippen molar-refractivity contribution in [1.29, 1.82) is 0 Å². The molecular weight excluding hydrogens is 382 g/mol. The van der Waals surface area contributed by atoms with Gasteiger partial charge in [0.25, 0.3) is 5.22 Å². The Kier molecular flexibility index (Phi) is 6.00. The zero-order chi connectivity index (χ0) is 20.4. The lowest BCUT2D eigenvalue weighted by Gasteiger charge is -2.41. The molecule has 1 saturated carbocycles. The van der Waals surface area contributed by atoms with Crippen LogP contribution in [0, 0.1) is 11.8 Å². The van der Waals surface area contributed by atoms with Crippen LogP contribution in [0.1, 0.15) is 58.4 Å². The zero-order valence-corrected chi connectivity index (χ0v) is 18.5. The maximum atomic E-state index is 12.7. The van der Waals surface area contributed by atoms with Crippen LogP contribution in [0.5, 0.6) is 0 Å². The van der Waals surface area contributed by atoms with Crippen molar-refractivity contribution < 1.29 is 9.21 Å². The molecule has 2 heterocycles. The van der Waals surface area contributed by atoms with Gasteiger partial charge in [-0.2, -0.15) is 0 Å². The quantitative estimate of drug-likeness (QED) is 0.648. The van der Waals surface area contributed by atoms with Crippen molar-refractivity contribution in [2.75, 3.05) is 18.8 Å². The maximum absolute atomic E-state index is 12.7. The van der Waals surface area contributed by atoms with Crippen molar-refractivity contribution in [2.45, 2.75) is 63.5 Å². The molecule has 29 heavy (non-hydrogen) atoms. The SMILES string of the molecule is CC(C)(C)c1ccc(-c2nnc(SCC(=O)N3CC[C@H]4CCCC[C@@H]4C3)o2)cc1. The highest BCUT2D eigenvalue weighted by Gasteiger charge is 2.32. The summed E-state index contributed by atoms with van der Waals surface area (Å²) in [6, 6.07) is 8.24. The minimum Gasteiger partial charge on any atom is -0.411 e. The third kappa shape index (κ3) is 4.85. The number of amides is 1. The van der Waals surface area contributed by atoms with Gasteiger partial charge in [-0.3, -0.25) is 4.79 Å². The molecule has 1 saturated heterocycles. The second-order valence-corrected chi connectivity index (χ2v) is 10.3. The molecule has 0 bridgehead atoms. The molecule has 6 heteroatoms. The average molecular weight is 414 g/mol. The van der Waals surface area contributed by atoms with Crippen molar-refractivity contribution >= 4 is 17.7 Å². The summed E-state index contributed by atoms with van der Waals surface area (Å²) in [6.45, 7) is 8.40. The van der Waals surface area contributed by atoms with Gasteiger partial charge in [-0.05, 0) is 47.8 Å². The maximum Gasteiger partial charge on any atom is 0.277 e. The molecule has 0 spiro atoms. The molecule has 4 rings (SSSR count). The highest BCUT2D eigenvalue weighted by Crippen LogP contribution is 2.36. The van der Waals surface area contributed by atoms with Gasteiger partial charge in [0.15, 0.2) is 0 Å². The summed E-state index contributed by atoms with van der Waals surface area (Å²) >= 11 is 1.34. The van der Waals surface area contributed by atoms with E-state index in [1.165, 1.54) is 43.0 Å². The lowest BCUT2D eigenvalue weighted by atomic mass is 9.75. The molecule has 1 aromatic heterocycles. The van der Waals surface area contributed by atoms with E-state index in [4.69, 9.17) is 4.42 Å². The van der Waals surface area contributed by atoms with Gasteiger partial charge in [-0.25, -0.2) is 0 Å². The van der Waals surface area contributed by atoms with Gasteiger partial charge in [-0.15, -0.1) is 10.2 Å². The molecule has 1 aliphatic carbocycles. The number of hydrogen-bond acceptors (Lipinski definition) is 5. The van der Waals surface area contributed by atoms with E-state index >= 15 is 0 Å². The molecule has 5 nitrogen and oxygen atoms in total. The number of nitrogens with zero attached hydrogens (tertiary/aromatic N) is 3. The molecule has 2 aromatic rings. The van der Waals surface area contributed by atoms with E-state index in [9.17, 15) is 4.79 Å². The first-order chi connectivity index (χ1) is 13.9. The summed E-state index contributed by atoms with van der Waals surface area (Å²) in [4.78, 5) is 14.7. The Bertz CT molecular complexity index is 841. The number of rotatable bonds is 4. The fraction of sp³-hybridized carbons (Fsp3) is 0.609. The minimum atomic E-state index is 0.112. The number of carbonyl (C=O) groups is 1. The fourth-order valence-corrected chi connectivity index (χ4v) is 5.21. The number of fused-ring (bicyclic) bond motifs is 1. The Morgan fingerprint density at radius 1 is 1.10 bits per heavy atom. The standard InChI is InChI=1S/C23H31N3O2S/c1-23(2,3)19-10-8-17(9-11-19)21-24-25-22(28-21)29-15-20(27)26-13-12-16-6-4-5-7-18(16)14-26/h8-11,16,18H,4-7,12-15H2,1-3H3/t16-,18-/m1/s1. The van der Waals surface area contributed by atoms with Crippen LogP contribution in [0.15, 0.2) is 33.9 Å². The average Bonchev–Trinajstić information content (AvgIpc) is 3.20. The number of hydrogen-bond donors (Lipinski definition) is 0. The normalized spacial score (nSPS) is 22.4. The molecule has 0 unspecified atom stereocenters. The van der Waals surface area contributed by atoms with E-state index in [2.05, 4.69) is 43.1 Å². The van der Waals surface area contributed by atoms with Gasteiger partial charge in [0, 0.05) is 18.7 Å². The summed E-state index contributed by atoms with van der Waals surface area (Å²) in [6.07, 6.45) is 6.48. The number of benzene rings is 1. The summed E-state index contributed by atoms with van der Waals surface area (Å²) < 4.78 is 5.79. The lowest BCUT2D eigenvalue weighted by Crippen LogP contribution is -2.45. The van der Waals surface area contributed by atoms with E-state index in [1.54, 1.807) is 0 Å². The van der Waals surface area contributed by atoms with E-state index in [0.717, 1.165) is 31.0 Å². The first-order valence-corrected chi connectivity index (χ1v) is 11.7. The molecule has 0 radical (unpaired) electrons. The Morgan fingerprint density at radius 2 is 1.83 bits per heavy atom. The van der Waals surface area contributed by atoms with Crippen molar-refractivity contribution in [2.24, 2.45) is 11.8 Å². The Morgan fingerprint density at radius 3 is 2.55 bits per heavy atom. The summed E-state index contributed by atoms with van der Waals surface area (Å²) in [5.74, 6) is 2.60. The van der Waals surface area contributed by atoms with Crippen LogP contribution < -0.4 is 0 Å². The van der Waals surface area contributed by atoms with Gasteiger partial charge in [0.1, 0.15) is 0 Å². The van der Waals surface area contributed by atoms with Crippen LogP contribution in [0.2, 0.25) is 0 Å². The summed E-state index contributed by atoms with van der Waals surface area (Å²) in [7, 11) is 0. The van der Waals surface area contributed by atoms with Crippen LogP contribution in [0.4, 0.5) is 0 Å². The van der Waals surface area contributed by atoms with Crippen LogP contribution in [0.25, 0.3) is 11.5 Å². The topological polar surface area (TPSA) is 59.2 Å². The predicted octanol–water partition coefficient (Wildman–Crippen LogP) is 5.16. The molecule has 1 amide bonds. The van der Waals surface area contributed by atoms with Gasteiger partial charge in [-0.1, -0.05) is 63.9 Å². The highest BCUT2D eigenvalue weighted by molar-refractivity contribution is 7.99. The molecule has 0 N–H and O–H groups in total. The molecule has 2 aliphatic rings. The third-order valence-electron chi connectivity index (χ3n) is 6.37. The van der Waals surface area contributed by atoms with Gasteiger partial charge in [0.05, 0.1) is 5.75 Å². The Hall–Kier alpha value is -1.82. The van der Waals surface area contributed by atoms with E-state index in [-0.39, 0.29) is 11.3 Å². The molecule has 1 aromatic carbocycles. The second kappa shape index (κ2) is 8.50. The van der Waals surface area contributed by atoms with Gasteiger partial charge in [0.2, 0.25) is 11.8 Å². The fourth-order valence-electron chi connectivity index (χ4n) is 4.54. The Labute approximate surface area is 177 Å². The lowest BCUT2D eigenvalue weighted by molar-refractivity contribution is -0.131. The largest absolute Gasteiger partial charge is 0.411 e. The van der Waals surface area contributed by atoms with Crippen molar-refractivity contribution in [3.63, 3.8) is 0 Å². The molecule has 2 fully saturated rings. The summed E-state index contributed by atoms with van der Waals surface area (Å²) in [5.41, 5.74) is 2.28. The highest BCUT2D eigenvalue weighted by atomic mass is 32.2. The third-order valence-corrected chi connectivity index (χ3v) is 7.17. The molecular formula is C23H31N3O2S. The first kappa shape index (κ1) is 20.5. The number of aromatic nitrogens is 2. The number of piperidine rings is 1. The molecule has 156 valence electrons. The zero-order valence-electron chi connectivity index (χ0n) is 17.7.